The number of piperidine rings is 1. The number of rotatable bonds is 5. The van der Waals surface area contributed by atoms with Crippen molar-refractivity contribution in [2.75, 3.05) is 31.5 Å². The van der Waals surface area contributed by atoms with Crippen molar-refractivity contribution in [3.8, 4) is 0 Å². The highest BCUT2D eigenvalue weighted by Gasteiger charge is 2.31. The molecule has 2 N–H and O–H groups in total. The SMILES string of the molecule is O=C(Nc1ccccc1)c1cccc(CN2CCCC(N3CCNC3=O)C2)c1. The summed E-state index contributed by atoms with van der Waals surface area (Å²) in [4.78, 5) is 28.9. The van der Waals surface area contributed by atoms with E-state index in [1.54, 1.807) is 0 Å². The summed E-state index contributed by atoms with van der Waals surface area (Å²) >= 11 is 0. The molecule has 6 nitrogen and oxygen atoms in total. The minimum absolute atomic E-state index is 0.0615. The van der Waals surface area contributed by atoms with E-state index in [1.807, 2.05) is 53.4 Å². The predicted molar refractivity (Wildman–Crippen MR) is 109 cm³/mol. The monoisotopic (exact) mass is 378 g/mol. The number of para-hydroxylation sites is 1. The first-order valence-electron chi connectivity index (χ1n) is 9.91. The minimum atomic E-state index is -0.0988. The molecule has 2 heterocycles. The average Bonchev–Trinajstić information content (AvgIpc) is 3.15. The smallest absolute Gasteiger partial charge is 0.317 e. The number of hydrogen-bond acceptors (Lipinski definition) is 3. The van der Waals surface area contributed by atoms with E-state index in [-0.39, 0.29) is 18.0 Å². The van der Waals surface area contributed by atoms with E-state index in [1.165, 1.54) is 0 Å². The van der Waals surface area contributed by atoms with Gasteiger partial charge in [0.1, 0.15) is 0 Å². The van der Waals surface area contributed by atoms with Crippen LogP contribution in [0.4, 0.5) is 10.5 Å². The van der Waals surface area contributed by atoms with Crippen LogP contribution in [0.3, 0.4) is 0 Å². The number of likely N-dealkylation sites (tertiary alicyclic amines) is 1. The molecule has 0 bridgehead atoms. The van der Waals surface area contributed by atoms with Crippen molar-refractivity contribution in [2.24, 2.45) is 0 Å². The van der Waals surface area contributed by atoms with E-state index in [2.05, 4.69) is 21.6 Å². The van der Waals surface area contributed by atoms with E-state index >= 15 is 0 Å². The van der Waals surface area contributed by atoms with Crippen LogP contribution in [-0.4, -0.2) is 54.0 Å². The molecule has 2 aliphatic heterocycles. The first-order chi connectivity index (χ1) is 13.7. The molecule has 6 heteroatoms. The number of hydrogen-bond donors (Lipinski definition) is 2. The fraction of sp³-hybridized carbons (Fsp3) is 0.364. The maximum absolute atomic E-state index is 12.5. The van der Waals surface area contributed by atoms with Gasteiger partial charge in [0.05, 0.1) is 0 Å². The quantitative estimate of drug-likeness (QED) is 0.841. The third-order valence-electron chi connectivity index (χ3n) is 5.44. The van der Waals surface area contributed by atoms with Gasteiger partial charge in [0.2, 0.25) is 0 Å². The number of nitrogens with zero attached hydrogens (tertiary/aromatic N) is 2. The summed E-state index contributed by atoms with van der Waals surface area (Å²) in [6.07, 6.45) is 2.14. The number of benzene rings is 2. The topological polar surface area (TPSA) is 64.7 Å². The van der Waals surface area contributed by atoms with Crippen LogP contribution in [0.15, 0.2) is 54.6 Å². The Kier molecular flexibility index (Phi) is 5.58. The summed E-state index contributed by atoms with van der Waals surface area (Å²) in [5.41, 5.74) is 2.57. The molecule has 0 aromatic heterocycles. The maximum atomic E-state index is 12.5. The van der Waals surface area contributed by atoms with Crippen molar-refractivity contribution < 1.29 is 9.59 Å². The Labute approximate surface area is 165 Å². The highest BCUT2D eigenvalue weighted by molar-refractivity contribution is 6.04. The lowest BCUT2D eigenvalue weighted by Gasteiger charge is -2.37. The molecule has 0 aliphatic carbocycles. The van der Waals surface area contributed by atoms with Crippen molar-refractivity contribution in [1.82, 2.24) is 15.1 Å². The van der Waals surface area contributed by atoms with E-state index < -0.39 is 0 Å². The number of carbonyl (C=O) groups excluding carboxylic acids is 2. The van der Waals surface area contributed by atoms with Gasteiger partial charge in [-0.2, -0.15) is 0 Å². The summed E-state index contributed by atoms with van der Waals surface area (Å²) < 4.78 is 0. The van der Waals surface area contributed by atoms with Gasteiger partial charge in [-0.05, 0) is 49.2 Å². The zero-order valence-electron chi connectivity index (χ0n) is 15.9. The van der Waals surface area contributed by atoms with Crippen molar-refractivity contribution in [2.45, 2.75) is 25.4 Å². The van der Waals surface area contributed by atoms with Gasteiger partial charge in [-0.15, -0.1) is 0 Å². The molecular formula is C22H26N4O2. The number of urea groups is 1. The Balaban J connectivity index is 1.39. The number of amides is 3. The zero-order chi connectivity index (χ0) is 19.3. The summed E-state index contributed by atoms with van der Waals surface area (Å²) in [5.74, 6) is -0.0988. The van der Waals surface area contributed by atoms with Gasteiger partial charge in [0, 0.05) is 43.5 Å². The molecule has 146 valence electrons. The van der Waals surface area contributed by atoms with Crippen LogP contribution < -0.4 is 10.6 Å². The summed E-state index contributed by atoms with van der Waals surface area (Å²) in [5, 5.41) is 5.83. The standard InChI is InChI=1S/C22H26N4O2/c27-21(24-19-8-2-1-3-9-19)18-7-4-6-17(14-18)15-25-12-5-10-20(16-25)26-13-11-23-22(26)28/h1-4,6-9,14,20H,5,10-13,15-16H2,(H,23,28)(H,24,27). The van der Waals surface area contributed by atoms with E-state index in [4.69, 9.17) is 0 Å². The molecule has 2 aliphatic rings. The zero-order valence-corrected chi connectivity index (χ0v) is 15.9. The van der Waals surface area contributed by atoms with Crippen LogP contribution >= 0.6 is 0 Å². The lowest BCUT2D eigenvalue weighted by Crippen LogP contribution is -2.48. The van der Waals surface area contributed by atoms with Crippen molar-refractivity contribution >= 4 is 17.6 Å². The third-order valence-corrected chi connectivity index (χ3v) is 5.44. The summed E-state index contributed by atoms with van der Waals surface area (Å²) in [6, 6.07) is 17.6. The molecule has 1 atom stereocenters. The fourth-order valence-electron chi connectivity index (χ4n) is 4.06. The highest BCUT2D eigenvalue weighted by Crippen LogP contribution is 2.20. The summed E-state index contributed by atoms with van der Waals surface area (Å²) in [6.45, 7) is 4.24. The van der Waals surface area contributed by atoms with Crippen LogP contribution in [0, 0.1) is 0 Å². The normalized spacial score (nSPS) is 20.1. The molecule has 0 spiro atoms. The second-order valence-corrected chi connectivity index (χ2v) is 7.48. The van der Waals surface area contributed by atoms with Crippen LogP contribution in [0.5, 0.6) is 0 Å². The van der Waals surface area contributed by atoms with Gasteiger partial charge in [-0.3, -0.25) is 9.69 Å². The molecule has 2 aromatic carbocycles. The van der Waals surface area contributed by atoms with E-state index in [0.29, 0.717) is 5.56 Å². The van der Waals surface area contributed by atoms with Gasteiger partial charge in [-0.1, -0.05) is 30.3 Å². The highest BCUT2D eigenvalue weighted by atomic mass is 16.2. The van der Waals surface area contributed by atoms with Gasteiger partial charge < -0.3 is 15.5 Å². The fourth-order valence-corrected chi connectivity index (χ4v) is 4.06. The third kappa shape index (κ3) is 4.34. The molecule has 0 saturated carbocycles. The second-order valence-electron chi connectivity index (χ2n) is 7.48. The van der Waals surface area contributed by atoms with Crippen LogP contribution in [-0.2, 0) is 6.54 Å². The molecule has 2 saturated heterocycles. The minimum Gasteiger partial charge on any atom is -0.336 e. The number of nitrogens with one attached hydrogen (secondary N) is 2. The molecule has 2 aromatic rings. The molecule has 2 fully saturated rings. The lowest BCUT2D eigenvalue weighted by molar-refractivity contribution is 0.102. The van der Waals surface area contributed by atoms with Gasteiger partial charge >= 0.3 is 6.03 Å². The van der Waals surface area contributed by atoms with Gasteiger partial charge in [-0.25, -0.2) is 4.79 Å². The molecule has 0 radical (unpaired) electrons. The molecular weight excluding hydrogens is 352 g/mol. The van der Waals surface area contributed by atoms with Crippen LogP contribution in [0.2, 0.25) is 0 Å². The van der Waals surface area contributed by atoms with Crippen LogP contribution in [0.1, 0.15) is 28.8 Å². The molecule has 4 rings (SSSR count). The van der Waals surface area contributed by atoms with Crippen LogP contribution in [0.25, 0.3) is 0 Å². The predicted octanol–water partition coefficient (Wildman–Crippen LogP) is 2.93. The number of carbonyl (C=O) groups is 2. The maximum Gasteiger partial charge on any atom is 0.317 e. The van der Waals surface area contributed by atoms with E-state index in [0.717, 1.165) is 56.8 Å². The van der Waals surface area contributed by atoms with Gasteiger partial charge in [0.25, 0.3) is 5.91 Å². The molecule has 1 unspecified atom stereocenters. The second kappa shape index (κ2) is 8.44. The molecule has 28 heavy (non-hydrogen) atoms. The average molecular weight is 378 g/mol. The first-order valence-corrected chi connectivity index (χ1v) is 9.91. The van der Waals surface area contributed by atoms with Crippen molar-refractivity contribution in [3.63, 3.8) is 0 Å². The number of anilines is 1. The summed E-state index contributed by atoms with van der Waals surface area (Å²) in [7, 11) is 0. The Morgan fingerprint density at radius 1 is 1.11 bits per heavy atom. The van der Waals surface area contributed by atoms with Crippen molar-refractivity contribution in [1.29, 1.82) is 0 Å². The lowest BCUT2D eigenvalue weighted by atomic mass is 10.0. The largest absolute Gasteiger partial charge is 0.336 e. The Morgan fingerprint density at radius 2 is 1.96 bits per heavy atom. The Morgan fingerprint density at radius 3 is 2.75 bits per heavy atom. The molecule has 3 amide bonds. The Bertz CT molecular complexity index is 839. The first kappa shape index (κ1) is 18.5. The Hall–Kier alpha value is -2.86. The van der Waals surface area contributed by atoms with Crippen molar-refractivity contribution in [3.05, 3.63) is 65.7 Å². The van der Waals surface area contributed by atoms with E-state index in [9.17, 15) is 9.59 Å². The van der Waals surface area contributed by atoms with Gasteiger partial charge in [0.15, 0.2) is 0 Å².